The summed E-state index contributed by atoms with van der Waals surface area (Å²) in [5, 5.41) is 4.93. The highest BCUT2D eigenvalue weighted by atomic mass is 79.9. The van der Waals surface area contributed by atoms with E-state index in [1.165, 1.54) is 17.7 Å². The van der Waals surface area contributed by atoms with Crippen molar-refractivity contribution >= 4 is 39.0 Å². The van der Waals surface area contributed by atoms with Gasteiger partial charge in [-0.1, -0.05) is 6.07 Å². The molecule has 2 aromatic rings. The molecule has 1 fully saturated rings. The van der Waals surface area contributed by atoms with Crippen molar-refractivity contribution in [3.63, 3.8) is 0 Å². The molecule has 1 amide bonds. The van der Waals surface area contributed by atoms with Crippen molar-refractivity contribution in [1.29, 1.82) is 0 Å². The van der Waals surface area contributed by atoms with E-state index in [-0.39, 0.29) is 5.91 Å². The molecule has 0 aliphatic heterocycles. The Hall–Kier alpha value is -1.24. The summed E-state index contributed by atoms with van der Waals surface area (Å²) in [5.41, 5.74) is 0. The fraction of sp³-hybridized carbons (Fsp3) is 0.333. The molecule has 2 aromatic heterocycles. The van der Waals surface area contributed by atoms with E-state index in [1.54, 1.807) is 23.6 Å². The number of pyridine rings is 1. The Morgan fingerprint density at radius 2 is 2.29 bits per heavy atom. The standard InChI is InChI=1S/C15H16BrN3OS/c16-11-3-6-14(17-8-11)18-15(20)10-19(12-4-5-12)9-13-2-1-7-21-13/h1-3,6-8,12H,4-5,9-10H2,(H,17,18,20). The Labute approximate surface area is 136 Å². The van der Waals surface area contributed by atoms with E-state index in [4.69, 9.17) is 0 Å². The van der Waals surface area contributed by atoms with Gasteiger partial charge in [-0.25, -0.2) is 4.98 Å². The lowest BCUT2D eigenvalue weighted by molar-refractivity contribution is -0.117. The molecule has 1 saturated carbocycles. The van der Waals surface area contributed by atoms with Gasteiger partial charge in [0.1, 0.15) is 5.82 Å². The summed E-state index contributed by atoms with van der Waals surface area (Å²) in [6.45, 7) is 1.27. The van der Waals surface area contributed by atoms with Crippen molar-refractivity contribution in [3.05, 3.63) is 45.2 Å². The predicted octanol–water partition coefficient (Wildman–Crippen LogP) is 3.51. The van der Waals surface area contributed by atoms with Gasteiger partial charge < -0.3 is 5.32 Å². The first-order valence-electron chi connectivity index (χ1n) is 6.88. The number of rotatable bonds is 6. The Balaban J connectivity index is 1.57. The lowest BCUT2D eigenvalue weighted by Gasteiger charge is -2.20. The summed E-state index contributed by atoms with van der Waals surface area (Å²) in [6, 6.07) is 8.39. The van der Waals surface area contributed by atoms with Gasteiger partial charge >= 0.3 is 0 Å². The van der Waals surface area contributed by atoms with Crippen molar-refractivity contribution < 1.29 is 4.79 Å². The van der Waals surface area contributed by atoms with E-state index in [0.29, 0.717) is 18.4 Å². The lowest BCUT2D eigenvalue weighted by Crippen LogP contribution is -2.34. The molecule has 3 rings (SSSR count). The maximum atomic E-state index is 12.2. The molecule has 4 nitrogen and oxygen atoms in total. The van der Waals surface area contributed by atoms with Crippen LogP contribution in [0.5, 0.6) is 0 Å². The highest BCUT2D eigenvalue weighted by Gasteiger charge is 2.30. The van der Waals surface area contributed by atoms with Crippen LogP contribution < -0.4 is 5.32 Å². The molecular formula is C15H16BrN3OS. The molecule has 1 aliphatic rings. The van der Waals surface area contributed by atoms with Crippen molar-refractivity contribution in [2.75, 3.05) is 11.9 Å². The number of halogens is 1. The number of nitrogens with zero attached hydrogens (tertiary/aromatic N) is 2. The van der Waals surface area contributed by atoms with Crippen LogP contribution in [-0.2, 0) is 11.3 Å². The van der Waals surface area contributed by atoms with Crippen LogP contribution >= 0.6 is 27.3 Å². The minimum Gasteiger partial charge on any atom is -0.310 e. The molecule has 0 saturated heterocycles. The number of nitrogens with one attached hydrogen (secondary N) is 1. The number of amides is 1. The number of aromatic nitrogens is 1. The maximum absolute atomic E-state index is 12.2. The summed E-state index contributed by atoms with van der Waals surface area (Å²) in [5.74, 6) is 0.586. The lowest BCUT2D eigenvalue weighted by atomic mass is 10.3. The number of hydrogen-bond acceptors (Lipinski definition) is 4. The van der Waals surface area contributed by atoms with Crippen LogP contribution in [0.1, 0.15) is 17.7 Å². The Bertz CT molecular complexity index is 596. The van der Waals surface area contributed by atoms with Crippen molar-refractivity contribution in [1.82, 2.24) is 9.88 Å². The smallest absolute Gasteiger partial charge is 0.239 e. The van der Waals surface area contributed by atoms with Gasteiger partial charge in [-0.3, -0.25) is 9.69 Å². The average Bonchev–Trinajstić information content (AvgIpc) is 3.19. The largest absolute Gasteiger partial charge is 0.310 e. The highest BCUT2D eigenvalue weighted by Crippen LogP contribution is 2.29. The van der Waals surface area contributed by atoms with E-state index in [2.05, 4.69) is 48.6 Å². The first-order chi connectivity index (χ1) is 10.2. The molecule has 2 heterocycles. The summed E-state index contributed by atoms with van der Waals surface area (Å²) < 4.78 is 0.901. The van der Waals surface area contributed by atoms with Crippen LogP contribution in [0.15, 0.2) is 40.3 Å². The van der Waals surface area contributed by atoms with Crippen LogP contribution in [0.4, 0.5) is 5.82 Å². The van der Waals surface area contributed by atoms with Crippen LogP contribution in [0.25, 0.3) is 0 Å². The second kappa shape index (κ2) is 6.68. The van der Waals surface area contributed by atoms with Crippen LogP contribution in [0.2, 0.25) is 0 Å². The van der Waals surface area contributed by atoms with Gasteiger partial charge in [-0.15, -0.1) is 11.3 Å². The minimum atomic E-state index is -0.00622. The van der Waals surface area contributed by atoms with Crippen LogP contribution in [-0.4, -0.2) is 28.4 Å². The van der Waals surface area contributed by atoms with Gasteiger partial charge in [-0.05, 0) is 52.4 Å². The molecule has 0 aromatic carbocycles. The molecule has 0 bridgehead atoms. The van der Waals surface area contributed by atoms with Gasteiger partial charge in [0.15, 0.2) is 0 Å². The number of hydrogen-bond donors (Lipinski definition) is 1. The van der Waals surface area contributed by atoms with E-state index in [1.807, 2.05) is 6.07 Å². The zero-order chi connectivity index (χ0) is 14.7. The number of anilines is 1. The second-order valence-electron chi connectivity index (χ2n) is 5.13. The van der Waals surface area contributed by atoms with Gasteiger partial charge in [0.05, 0.1) is 6.54 Å². The Morgan fingerprint density at radius 3 is 2.90 bits per heavy atom. The average molecular weight is 366 g/mol. The topological polar surface area (TPSA) is 45.2 Å². The zero-order valence-electron chi connectivity index (χ0n) is 11.5. The monoisotopic (exact) mass is 365 g/mol. The molecule has 1 N–H and O–H groups in total. The minimum absolute atomic E-state index is 0.00622. The number of carbonyl (C=O) groups is 1. The third-order valence-electron chi connectivity index (χ3n) is 3.34. The predicted molar refractivity (Wildman–Crippen MR) is 88.3 cm³/mol. The zero-order valence-corrected chi connectivity index (χ0v) is 13.9. The molecule has 0 unspecified atom stereocenters. The van der Waals surface area contributed by atoms with Crippen molar-refractivity contribution in [2.24, 2.45) is 0 Å². The van der Waals surface area contributed by atoms with E-state index in [0.717, 1.165) is 11.0 Å². The van der Waals surface area contributed by atoms with E-state index >= 15 is 0 Å². The first kappa shape index (κ1) is 14.7. The fourth-order valence-electron chi connectivity index (χ4n) is 2.17. The fourth-order valence-corrected chi connectivity index (χ4v) is 3.14. The number of carbonyl (C=O) groups excluding carboxylic acids is 1. The highest BCUT2D eigenvalue weighted by molar-refractivity contribution is 9.10. The Morgan fingerprint density at radius 1 is 1.43 bits per heavy atom. The summed E-state index contributed by atoms with van der Waals surface area (Å²) in [4.78, 5) is 19.9. The van der Waals surface area contributed by atoms with E-state index < -0.39 is 0 Å². The van der Waals surface area contributed by atoms with Gasteiger partial charge in [0.25, 0.3) is 0 Å². The molecule has 21 heavy (non-hydrogen) atoms. The van der Waals surface area contributed by atoms with Crippen molar-refractivity contribution in [2.45, 2.75) is 25.4 Å². The number of thiophene rings is 1. The summed E-state index contributed by atoms with van der Waals surface area (Å²) in [6.07, 6.45) is 4.06. The normalized spacial score (nSPS) is 14.4. The molecule has 6 heteroatoms. The van der Waals surface area contributed by atoms with Gasteiger partial charge in [0.2, 0.25) is 5.91 Å². The third-order valence-corrected chi connectivity index (χ3v) is 4.67. The molecule has 0 spiro atoms. The van der Waals surface area contributed by atoms with Gasteiger partial charge in [0, 0.05) is 28.1 Å². The molecule has 0 atom stereocenters. The first-order valence-corrected chi connectivity index (χ1v) is 8.56. The molecule has 110 valence electrons. The summed E-state index contributed by atoms with van der Waals surface area (Å²) >= 11 is 5.07. The van der Waals surface area contributed by atoms with Gasteiger partial charge in [-0.2, -0.15) is 0 Å². The third kappa shape index (κ3) is 4.36. The Kier molecular flexibility index (Phi) is 4.67. The van der Waals surface area contributed by atoms with Crippen molar-refractivity contribution in [3.8, 4) is 0 Å². The quantitative estimate of drug-likeness (QED) is 0.851. The maximum Gasteiger partial charge on any atom is 0.239 e. The second-order valence-corrected chi connectivity index (χ2v) is 7.07. The van der Waals surface area contributed by atoms with Crippen LogP contribution in [0, 0.1) is 0 Å². The van der Waals surface area contributed by atoms with Crippen LogP contribution in [0.3, 0.4) is 0 Å². The summed E-state index contributed by atoms with van der Waals surface area (Å²) in [7, 11) is 0. The molecule has 0 radical (unpaired) electrons. The molecular weight excluding hydrogens is 350 g/mol. The molecule has 1 aliphatic carbocycles. The van der Waals surface area contributed by atoms with E-state index in [9.17, 15) is 4.79 Å². The SMILES string of the molecule is O=C(CN(Cc1cccs1)C1CC1)Nc1ccc(Br)cn1.